The molecule has 0 spiro atoms. The summed E-state index contributed by atoms with van der Waals surface area (Å²) >= 11 is 0. The SMILES string of the molecule is Nc1nonc1-n1nnc(C(=O)N/N=C\CCc2ccccc2)c1CN1CCCCC1. The maximum absolute atomic E-state index is 12.8. The number of hydrazone groups is 1. The first-order valence-corrected chi connectivity index (χ1v) is 10.3. The second kappa shape index (κ2) is 9.94. The number of anilines is 1. The maximum atomic E-state index is 12.8. The highest BCUT2D eigenvalue weighted by Crippen LogP contribution is 2.19. The summed E-state index contributed by atoms with van der Waals surface area (Å²) < 4.78 is 6.10. The molecule has 0 aliphatic carbocycles. The third kappa shape index (κ3) is 5.12. The number of nitrogens with zero attached hydrogens (tertiary/aromatic N) is 7. The zero-order valence-corrected chi connectivity index (χ0v) is 17.1. The van der Waals surface area contributed by atoms with Crippen molar-refractivity contribution in [3.63, 3.8) is 0 Å². The van der Waals surface area contributed by atoms with Crippen LogP contribution in [0.25, 0.3) is 5.82 Å². The van der Waals surface area contributed by atoms with E-state index >= 15 is 0 Å². The van der Waals surface area contributed by atoms with Gasteiger partial charge < -0.3 is 5.73 Å². The van der Waals surface area contributed by atoms with Crippen molar-refractivity contribution in [2.45, 2.75) is 38.6 Å². The molecule has 3 aromatic rings. The molecule has 0 atom stereocenters. The van der Waals surface area contributed by atoms with Crippen LogP contribution in [-0.2, 0) is 13.0 Å². The first-order chi connectivity index (χ1) is 15.2. The average Bonchev–Trinajstić information content (AvgIpc) is 3.40. The summed E-state index contributed by atoms with van der Waals surface area (Å²) in [6, 6.07) is 10.1. The van der Waals surface area contributed by atoms with E-state index in [1.165, 1.54) is 16.7 Å². The number of nitrogen functional groups attached to an aromatic ring is 1. The van der Waals surface area contributed by atoms with Crippen molar-refractivity contribution in [1.29, 1.82) is 0 Å². The van der Waals surface area contributed by atoms with E-state index in [0.717, 1.165) is 32.4 Å². The van der Waals surface area contributed by atoms with Crippen LogP contribution in [0.4, 0.5) is 5.82 Å². The molecule has 1 aliphatic heterocycles. The lowest BCUT2D eigenvalue weighted by Gasteiger charge is -2.26. The number of aryl methyl sites for hydroxylation is 1. The first-order valence-electron chi connectivity index (χ1n) is 10.3. The van der Waals surface area contributed by atoms with Gasteiger partial charge in [-0.1, -0.05) is 42.0 Å². The van der Waals surface area contributed by atoms with Gasteiger partial charge in [0.25, 0.3) is 5.91 Å². The van der Waals surface area contributed by atoms with Crippen molar-refractivity contribution in [2.24, 2.45) is 5.10 Å². The number of rotatable bonds is 8. The lowest BCUT2D eigenvalue weighted by molar-refractivity contribution is 0.0947. The highest BCUT2D eigenvalue weighted by atomic mass is 16.6. The minimum absolute atomic E-state index is 0.0793. The van der Waals surface area contributed by atoms with Gasteiger partial charge in [0.05, 0.1) is 5.69 Å². The number of piperidine rings is 1. The molecule has 2 aromatic heterocycles. The Balaban J connectivity index is 1.45. The van der Waals surface area contributed by atoms with Gasteiger partial charge in [0.1, 0.15) is 0 Å². The Hall–Kier alpha value is -3.60. The van der Waals surface area contributed by atoms with Crippen LogP contribution in [0.3, 0.4) is 0 Å². The van der Waals surface area contributed by atoms with Crippen LogP contribution in [-0.4, -0.2) is 55.4 Å². The smallest absolute Gasteiger partial charge is 0.293 e. The molecule has 162 valence electrons. The number of amides is 1. The van der Waals surface area contributed by atoms with E-state index in [-0.39, 0.29) is 17.3 Å². The van der Waals surface area contributed by atoms with Crippen LogP contribution in [0, 0.1) is 0 Å². The number of aromatic nitrogens is 5. The van der Waals surface area contributed by atoms with Gasteiger partial charge >= 0.3 is 0 Å². The zero-order valence-electron chi connectivity index (χ0n) is 17.1. The molecule has 3 heterocycles. The molecule has 1 fully saturated rings. The molecule has 0 unspecified atom stereocenters. The average molecular weight is 423 g/mol. The molecular formula is C20H25N9O2. The van der Waals surface area contributed by atoms with E-state index in [2.05, 4.69) is 48.2 Å². The minimum atomic E-state index is -0.441. The van der Waals surface area contributed by atoms with E-state index in [4.69, 9.17) is 10.4 Å². The molecule has 3 N–H and O–H groups in total. The monoisotopic (exact) mass is 423 g/mol. The normalized spacial score (nSPS) is 14.8. The van der Waals surface area contributed by atoms with Gasteiger partial charge in [0.2, 0.25) is 11.6 Å². The van der Waals surface area contributed by atoms with E-state index in [1.807, 2.05) is 18.2 Å². The molecule has 1 saturated heterocycles. The fourth-order valence-corrected chi connectivity index (χ4v) is 3.55. The van der Waals surface area contributed by atoms with Crippen molar-refractivity contribution in [3.05, 3.63) is 47.3 Å². The summed E-state index contributed by atoms with van der Waals surface area (Å²) in [6.45, 7) is 2.37. The predicted octanol–water partition coefficient (Wildman–Crippen LogP) is 1.57. The number of hydrogen-bond acceptors (Lipinski definition) is 9. The van der Waals surface area contributed by atoms with Gasteiger partial charge in [-0.05, 0) is 54.6 Å². The van der Waals surface area contributed by atoms with Crippen molar-refractivity contribution in [1.82, 2.24) is 35.6 Å². The predicted molar refractivity (Wildman–Crippen MR) is 113 cm³/mol. The summed E-state index contributed by atoms with van der Waals surface area (Å²) in [6.07, 6.45) is 6.66. The molecule has 11 nitrogen and oxygen atoms in total. The number of carbonyl (C=O) groups excluding carboxylic acids is 1. The lowest BCUT2D eigenvalue weighted by atomic mass is 10.1. The van der Waals surface area contributed by atoms with Crippen LogP contribution in [0.5, 0.6) is 0 Å². The molecule has 0 saturated carbocycles. The first kappa shape index (κ1) is 20.7. The van der Waals surface area contributed by atoms with Gasteiger partial charge in [0, 0.05) is 12.8 Å². The van der Waals surface area contributed by atoms with Gasteiger partial charge in [0.15, 0.2) is 5.69 Å². The zero-order chi connectivity index (χ0) is 21.5. The summed E-state index contributed by atoms with van der Waals surface area (Å²) in [7, 11) is 0. The fourth-order valence-electron chi connectivity index (χ4n) is 3.55. The minimum Gasteiger partial charge on any atom is -0.378 e. The lowest BCUT2D eigenvalue weighted by Crippen LogP contribution is -2.31. The van der Waals surface area contributed by atoms with Gasteiger partial charge in [-0.2, -0.15) is 9.78 Å². The molecule has 1 amide bonds. The summed E-state index contributed by atoms with van der Waals surface area (Å²) in [5, 5.41) is 19.6. The van der Waals surface area contributed by atoms with Gasteiger partial charge in [-0.15, -0.1) is 5.10 Å². The third-order valence-corrected chi connectivity index (χ3v) is 5.16. The van der Waals surface area contributed by atoms with Crippen molar-refractivity contribution in [2.75, 3.05) is 18.8 Å². The second-order valence-corrected chi connectivity index (χ2v) is 7.38. The molecule has 0 bridgehead atoms. The number of likely N-dealkylation sites (tertiary alicyclic amines) is 1. The van der Waals surface area contributed by atoms with Crippen molar-refractivity contribution < 1.29 is 9.42 Å². The Labute approximate surface area is 179 Å². The van der Waals surface area contributed by atoms with Gasteiger partial charge in [-0.25, -0.2) is 10.1 Å². The number of benzene rings is 1. The molecule has 4 rings (SSSR count). The molecule has 0 radical (unpaired) electrons. The summed E-state index contributed by atoms with van der Waals surface area (Å²) in [4.78, 5) is 15.0. The molecule has 11 heteroatoms. The number of nitrogens with two attached hydrogens (primary N) is 1. The standard InChI is InChI=1S/C20H25N9O2/c21-18-19(26-31-25-18)29-16(14-28-12-5-2-6-13-28)17(23-27-29)20(30)24-22-11-7-10-15-8-3-1-4-9-15/h1,3-4,8-9,11H,2,5-7,10,12-14H2,(H2,21,25)(H,24,30)/b22-11-. The Morgan fingerprint density at radius 2 is 2.00 bits per heavy atom. The number of carbonyl (C=O) groups is 1. The molecule has 1 aliphatic rings. The highest BCUT2D eigenvalue weighted by Gasteiger charge is 2.26. The van der Waals surface area contributed by atoms with Crippen LogP contribution >= 0.6 is 0 Å². The third-order valence-electron chi connectivity index (χ3n) is 5.16. The fraction of sp³-hybridized carbons (Fsp3) is 0.400. The second-order valence-electron chi connectivity index (χ2n) is 7.38. The van der Waals surface area contributed by atoms with Crippen LogP contribution < -0.4 is 11.2 Å². The van der Waals surface area contributed by atoms with Crippen molar-refractivity contribution in [3.8, 4) is 5.82 Å². The van der Waals surface area contributed by atoms with Crippen LogP contribution in [0.15, 0.2) is 40.1 Å². The number of nitrogens with one attached hydrogen (secondary N) is 1. The van der Waals surface area contributed by atoms with Gasteiger partial charge in [-0.3, -0.25) is 9.69 Å². The highest BCUT2D eigenvalue weighted by molar-refractivity contribution is 5.93. The molecule has 1 aromatic carbocycles. The topological polar surface area (TPSA) is 140 Å². The maximum Gasteiger partial charge on any atom is 0.293 e. The van der Waals surface area contributed by atoms with Crippen molar-refractivity contribution >= 4 is 17.9 Å². The Morgan fingerprint density at radius 3 is 2.74 bits per heavy atom. The Bertz CT molecular complexity index is 1020. The largest absolute Gasteiger partial charge is 0.378 e. The van der Waals surface area contributed by atoms with E-state index in [1.54, 1.807) is 6.21 Å². The quantitative estimate of drug-likeness (QED) is 0.411. The Morgan fingerprint density at radius 1 is 1.19 bits per heavy atom. The van der Waals surface area contributed by atoms with Crippen LogP contribution in [0.2, 0.25) is 0 Å². The van der Waals surface area contributed by atoms with Crippen LogP contribution in [0.1, 0.15) is 47.4 Å². The summed E-state index contributed by atoms with van der Waals surface area (Å²) in [5.41, 5.74) is 10.3. The molecule has 31 heavy (non-hydrogen) atoms. The molecular weight excluding hydrogens is 398 g/mol. The van der Waals surface area contributed by atoms with E-state index in [0.29, 0.717) is 18.7 Å². The van der Waals surface area contributed by atoms with E-state index < -0.39 is 5.91 Å². The number of hydrogen-bond donors (Lipinski definition) is 2. The summed E-state index contributed by atoms with van der Waals surface area (Å²) in [5.74, 6) is -0.148. The van der Waals surface area contributed by atoms with E-state index in [9.17, 15) is 4.79 Å². The Kier molecular flexibility index (Phi) is 6.62.